The summed E-state index contributed by atoms with van der Waals surface area (Å²) in [6.07, 6.45) is 2.56. The van der Waals surface area contributed by atoms with Gasteiger partial charge in [-0.15, -0.1) is 0 Å². The zero-order valence-electron chi connectivity index (χ0n) is 18.3. The van der Waals surface area contributed by atoms with E-state index in [2.05, 4.69) is 46.0 Å². The first kappa shape index (κ1) is 29.1. The maximum atomic E-state index is 5.99. The van der Waals surface area contributed by atoms with Gasteiger partial charge in [-0.05, 0) is 26.7 Å². The Balaban J connectivity index is 0.000000386. The SMILES string of the molecule is C1CCOC1.CC(C)N([PH+]1OCC(C)(C)CO1)[PH+]1OCC(C)(C)CO1.[Cl][Cr]([Cl])[Cl]. The van der Waals surface area contributed by atoms with E-state index in [9.17, 15) is 0 Å². The van der Waals surface area contributed by atoms with Crippen molar-refractivity contribution < 1.29 is 34.2 Å². The molecule has 3 aliphatic heterocycles. The van der Waals surface area contributed by atoms with Gasteiger partial charge in [0.25, 0.3) is 0 Å². The van der Waals surface area contributed by atoms with Gasteiger partial charge in [-0.3, -0.25) is 0 Å². The summed E-state index contributed by atoms with van der Waals surface area (Å²) in [6, 6.07) is 0.306. The predicted molar refractivity (Wildman–Crippen MR) is 123 cm³/mol. The summed E-state index contributed by atoms with van der Waals surface area (Å²) < 4.78 is 31.1. The van der Waals surface area contributed by atoms with Gasteiger partial charge in [0.15, 0.2) is 0 Å². The Morgan fingerprint density at radius 1 is 0.759 bits per heavy atom. The van der Waals surface area contributed by atoms with Crippen LogP contribution in [0.15, 0.2) is 0 Å². The van der Waals surface area contributed by atoms with Crippen LogP contribution in [0.4, 0.5) is 0 Å². The molecule has 3 rings (SSSR count). The van der Waals surface area contributed by atoms with Crippen molar-refractivity contribution in [1.29, 1.82) is 0 Å². The van der Waals surface area contributed by atoms with Gasteiger partial charge >= 0.3 is 58.6 Å². The summed E-state index contributed by atoms with van der Waals surface area (Å²) in [7, 11) is 11.9. The maximum absolute atomic E-state index is 5.99. The molecule has 0 amide bonds. The quantitative estimate of drug-likeness (QED) is 0.365. The minimum atomic E-state index is -1.62. The van der Waals surface area contributed by atoms with Gasteiger partial charge in [0, 0.05) is 28.5 Å². The first-order valence-corrected chi connectivity index (χ1v) is 17.6. The number of hydrogen-bond acceptors (Lipinski definition) is 6. The van der Waals surface area contributed by atoms with E-state index in [1.807, 2.05) is 0 Å². The van der Waals surface area contributed by atoms with Crippen LogP contribution in [0.3, 0.4) is 0 Å². The molecule has 175 valence electrons. The summed E-state index contributed by atoms with van der Waals surface area (Å²) in [5.41, 5.74) is 0.203. The second-order valence-corrected chi connectivity index (χ2v) is 18.9. The number of rotatable bonds is 3. The van der Waals surface area contributed by atoms with Gasteiger partial charge in [0.1, 0.15) is 26.4 Å². The molecule has 0 spiro atoms. The van der Waals surface area contributed by atoms with Crippen LogP contribution in [0, 0.1) is 10.8 Å². The van der Waals surface area contributed by atoms with Crippen LogP contribution >= 0.6 is 47.2 Å². The molecule has 0 bridgehead atoms. The summed E-state index contributed by atoms with van der Waals surface area (Å²) in [5.74, 6) is 0. The van der Waals surface area contributed by atoms with E-state index in [0.29, 0.717) is 6.04 Å². The fourth-order valence-corrected chi connectivity index (χ4v) is 7.47. The summed E-state index contributed by atoms with van der Waals surface area (Å²) in [5, 5.41) is 0. The number of nitrogens with zero attached hydrogens (tertiary/aromatic N) is 1. The average molecular weight is 556 g/mol. The van der Waals surface area contributed by atoms with Crippen molar-refractivity contribution >= 4 is 47.2 Å². The first-order valence-electron chi connectivity index (χ1n) is 9.79. The molecule has 0 saturated carbocycles. The molecule has 12 heteroatoms. The molecule has 3 fully saturated rings. The zero-order valence-corrected chi connectivity index (χ0v) is 23.8. The topological polar surface area (TPSA) is 49.4 Å². The average Bonchev–Trinajstić information content (AvgIpc) is 3.17. The molecule has 0 unspecified atom stereocenters. The van der Waals surface area contributed by atoms with Crippen LogP contribution in [0.25, 0.3) is 0 Å². The van der Waals surface area contributed by atoms with Gasteiger partial charge in [0.05, 0.1) is 6.04 Å². The van der Waals surface area contributed by atoms with Gasteiger partial charge in [-0.1, -0.05) is 27.7 Å². The molecule has 3 heterocycles. The number of ether oxygens (including phenoxy) is 1. The zero-order chi connectivity index (χ0) is 22.1. The third-order valence-corrected chi connectivity index (χ3v) is 8.56. The Morgan fingerprint density at radius 3 is 1.28 bits per heavy atom. The van der Waals surface area contributed by atoms with E-state index >= 15 is 0 Å². The van der Waals surface area contributed by atoms with E-state index < -0.39 is 28.4 Å². The summed E-state index contributed by atoms with van der Waals surface area (Å²) in [6.45, 7) is 17.9. The van der Waals surface area contributed by atoms with Gasteiger partial charge < -0.3 is 4.74 Å². The van der Waals surface area contributed by atoms with Crippen LogP contribution in [-0.4, -0.2) is 50.1 Å². The monoisotopic (exact) mass is 554 g/mol. The molecule has 3 aliphatic rings. The van der Waals surface area contributed by atoms with E-state index in [1.54, 1.807) is 0 Å². The fourth-order valence-electron chi connectivity index (χ4n) is 2.48. The normalized spacial score (nSPS) is 24.8. The van der Waals surface area contributed by atoms with Crippen molar-refractivity contribution in [2.45, 2.75) is 60.4 Å². The second kappa shape index (κ2) is 14.3. The van der Waals surface area contributed by atoms with Crippen molar-refractivity contribution in [3.8, 4) is 0 Å². The minimum absolute atomic E-state index is 0.102. The van der Waals surface area contributed by atoms with Crippen molar-refractivity contribution in [2.75, 3.05) is 39.6 Å². The van der Waals surface area contributed by atoms with Crippen LogP contribution in [0.5, 0.6) is 0 Å². The molecule has 6 nitrogen and oxygen atoms in total. The molecule has 0 atom stereocenters. The summed E-state index contributed by atoms with van der Waals surface area (Å²) in [4.78, 5) is 0. The standard InChI is InChI=1S/C13H27NO4P2.C4H8O.3ClH.Cr/c1-11(2)14(19-15-7-12(3,4)8-16-19)20-17-9-13(5,6)10-18-20;1-2-4-5-3-1;;;;/h11H,7-10H2,1-6H3;1-4H2;3*1H;/q;;;;;+3/p-1. The van der Waals surface area contributed by atoms with E-state index in [1.165, 1.54) is 12.8 Å². The van der Waals surface area contributed by atoms with Crippen LogP contribution < -0.4 is 0 Å². The van der Waals surface area contributed by atoms with E-state index in [4.69, 9.17) is 53.0 Å². The van der Waals surface area contributed by atoms with Crippen molar-refractivity contribution in [1.82, 2.24) is 4.44 Å². The molecule has 0 radical (unpaired) electrons. The van der Waals surface area contributed by atoms with Gasteiger partial charge in [-0.2, -0.15) is 18.1 Å². The van der Waals surface area contributed by atoms with Crippen LogP contribution in [0.2, 0.25) is 0 Å². The Labute approximate surface area is 196 Å². The molecule has 29 heavy (non-hydrogen) atoms. The first-order chi connectivity index (χ1) is 13.4. The number of hydrogen-bond donors (Lipinski definition) is 0. The van der Waals surface area contributed by atoms with Gasteiger partial charge in [-0.25, -0.2) is 0 Å². The molecular formula is C17H37Cl3CrNO5P2+2. The molecule has 0 aromatic rings. The third-order valence-electron chi connectivity index (χ3n) is 4.08. The van der Waals surface area contributed by atoms with Crippen LogP contribution in [0.1, 0.15) is 54.4 Å². The molecule has 0 aliphatic carbocycles. The van der Waals surface area contributed by atoms with Crippen molar-refractivity contribution in [3.05, 3.63) is 0 Å². The van der Waals surface area contributed by atoms with E-state index in [0.717, 1.165) is 39.6 Å². The van der Waals surface area contributed by atoms with Crippen molar-refractivity contribution in [3.63, 3.8) is 0 Å². The Kier molecular flexibility index (Phi) is 14.3. The molecule has 0 N–H and O–H groups in total. The van der Waals surface area contributed by atoms with Crippen molar-refractivity contribution in [2.24, 2.45) is 10.8 Å². The second-order valence-electron chi connectivity index (χ2n) is 8.97. The molecule has 0 aromatic heterocycles. The van der Waals surface area contributed by atoms with Crippen LogP contribution in [-0.2, 0) is 34.2 Å². The van der Waals surface area contributed by atoms with Gasteiger partial charge in [0.2, 0.25) is 0 Å². The Hall–Kier alpha value is 2.02. The third kappa shape index (κ3) is 12.7. The molecular weight excluding hydrogens is 518 g/mol. The predicted octanol–water partition coefficient (Wildman–Crippen LogP) is 6.62. The molecule has 0 aromatic carbocycles. The Morgan fingerprint density at radius 2 is 1.07 bits per heavy atom. The number of halogens is 3. The van der Waals surface area contributed by atoms with E-state index in [-0.39, 0.29) is 10.8 Å². The fraction of sp³-hybridized carbons (Fsp3) is 1.00. The summed E-state index contributed by atoms with van der Waals surface area (Å²) >= 11 is -1.62. The Bertz CT molecular complexity index is 404. The molecule has 3 saturated heterocycles.